The normalized spacial score (nSPS) is 10.6. The maximum absolute atomic E-state index is 11.3. The predicted octanol–water partition coefficient (Wildman–Crippen LogP) is 3.10. The molecule has 0 saturated carbocycles. The highest BCUT2D eigenvalue weighted by molar-refractivity contribution is 5.81. The van der Waals surface area contributed by atoms with E-state index in [9.17, 15) is 10.1 Å². The van der Waals surface area contributed by atoms with Gasteiger partial charge in [0.1, 0.15) is 0 Å². The summed E-state index contributed by atoms with van der Waals surface area (Å²) in [7, 11) is 2.94. The van der Waals surface area contributed by atoms with Crippen molar-refractivity contribution >= 4 is 22.3 Å². The summed E-state index contributed by atoms with van der Waals surface area (Å²) in [6.45, 7) is 0.274. The molecule has 0 radical (unpaired) electrons. The smallest absolute Gasteiger partial charge is 0.278 e. The predicted molar refractivity (Wildman–Crippen MR) is 89.6 cm³/mol. The summed E-state index contributed by atoms with van der Waals surface area (Å²) in [6, 6.07) is 8.69. The zero-order valence-corrected chi connectivity index (χ0v) is 13.2. The van der Waals surface area contributed by atoms with Crippen molar-refractivity contribution in [1.82, 2.24) is 10.2 Å². The number of aromatic amines is 1. The standard InChI is InChI=1S/C16H16N4O4/c1-23-15-5-11(14(20(21)22)7-16(15)24-2)8-17-12-4-3-10-9-18-19-13(10)6-12/h3-7,9,17H,8H2,1-2H3,(H,18,19). The first-order valence-corrected chi connectivity index (χ1v) is 7.18. The Labute approximate surface area is 137 Å². The molecule has 8 heteroatoms. The van der Waals surface area contributed by atoms with Crippen LogP contribution < -0.4 is 14.8 Å². The van der Waals surface area contributed by atoms with Gasteiger partial charge in [0, 0.05) is 17.6 Å². The van der Waals surface area contributed by atoms with Crippen LogP contribution in [0.2, 0.25) is 0 Å². The monoisotopic (exact) mass is 328 g/mol. The molecule has 3 aromatic rings. The van der Waals surface area contributed by atoms with Gasteiger partial charge in [0.25, 0.3) is 5.69 Å². The Hall–Kier alpha value is -3.29. The van der Waals surface area contributed by atoms with Crippen molar-refractivity contribution in [3.05, 3.63) is 52.2 Å². The van der Waals surface area contributed by atoms with Crippen LogP contribution in [0.1, 0.15) is 5.56 Å². The lowest BCUT2D eigenvalue weighted by atomic mass is 10.1. The molecule has 0 atom stereocenters. The number of hydrogen-bond donors (Lipinski definition) is 2. The van der Waals surface area contributed by atoms with E-state index < -0.39 is 4.92 Å². The van der Waals surface area contributed by atoms with Gasteiger partial charge in [-0.3, -0.25) is 15.2 Å². The van der Waals surface area contributed by atoms with Crippen LogP contribution >= 0.6 is 0 Å². The van der Waals surface area contributed by atoms with Gasteiger partial charge in [-0.1, -0.05) is 0 Å². The second kappa shape index (κ2) is 6.45. The molecule has 0 unspecified atom stereocenters. The molecular formula is C16H16N4O4. The van der Waals surface area contributed by atoms with E-state index in [0.717, 1.165) is 16.6 Å². The van der Waals surface area contributed by atoms with Crippen molar-refractivity contribution in [1.29, 1.82) is 0 Å². The molecule has 0 aliphatic heterocycles. The average molecular weight is 328 g/mol. The molecule has 0 saturated heterocycles. The largest absolute Gasteiger partial charge is 0.493 e. The fraction of sp³-hybridized carbons (Fsp3) is 0.188. The van der Waals surface area contributed by atoms with Gasteiger partial charge in [-0.25, -0.2) is 0 Å². The molecule has 2 N–H and O–H groups in total. The van der Waals surface area contributed by atoms with Gasteiger partial charge >= 0.3 is 0 Å². The minimum Gasteiger partial charge on any atom is -0.493 e. The van der Waals surface area contributed by atoms with Gasteiger partial charge in [-0.05, 0) is 24.3 Å². The van der Waals surface area contributed by atoms with E-state index in [1.807, 2.05) is 18.2 Å². The van der Waals surface area contributed by atoms with E-state index in [4.69, 9.17) is 9.47 Å². The van der Waals surface area contributed by atoms with Crippen molar-refractivity contribution in [3.63, 3.8) is 0 Å². The Morgan fingerprint density at radius 2 is 1.96 bits per heavy atom. The van der Waals surface area contributed by atoms with Gasteiger partial charge in [0.15, 0.2) is 11.5 Å². The van der Waals surface area contributed by atoms with Crippen LogP contribution in [-0.4, -0.2) is 29.3 Å². The van der Waals surface area contributed by atoms with Gasteiger partial charge in [-0.2, -0.15) is 5.10 Å². The Morgan fingerprint density at radius 1 is 1.21 bits per heavy atom. The van der Waals surface area contributed by atoms with Gasteiger partial charge in [0.05, 0.1) is 42.5 Å². The number of benzene rings is 2. The highest BCUT2D eigenvalue weighted by Gasteiger charge is 2.19. The molecule has 0 aliphatic rings. The maximum Gasteiger partial charge on any atom is 0.278 e. The summed E-state index contributed by atoms with van der Waals surface area (Å²) in [6.07, 6.45) is 1.73. The molecule has 124 valence electrons. The van der Waals surface area contributed by atoms with E-state index in [1.54, 1.807) is 12.3 Å². The van der Waals surface area contributed by atoms with Crippen molar-refractivity contribution in [2.75, 3.05) is 19.5 Å². The summed E-state index contributed by atoms with van der Waals surface area (Å²) >= 11 is 0. The third-order valence-electron chi connectivity index (χ3n) is 3.71. The number of nitrogens with zero attached hydrogens (tertiary/aromatic N) is 2. The summed E-state index contributed by atoms with van der Waals surface area (Å²) in [5.41, 5.74) is 2.20. The first kappa shape index (κ1) is 15.6. The van der Waals surface area contributed by atoms with E-state index in [-0.39, 0.29) is 12.2 Å². The lowest BCUT2D eigenvalue weighted by Gasteiger charge is -2.12. The second-order valence-corrected chi connectivity index (χ2v) is 5.12. The molecule has 8 nitrogen and oxygen atoms in total. The molecule has 1 heterocycles. The summed E-state index contributed by atoms with van der Waals surface area (Å²) in [5, 5.41) is 22.3. The van der Waals surface area contributed by atoms with Crippen LogP contribution in [0, 0.1) is 10.1 Å². The maximum atomic E-state index is 11.3. The molecular weight excluding hydrogens is 312 g/mol. The number of hydrogen-bond acceptors (Lipinski definition) is 6. The lowest BCUT2D eigenvalue weighted by molar-refractivity contribution is -0.385. The van der Waals surface area contributed by atoms with Crippen LogP contribution in [0.4, 0.5) is 11.4 Å². The molecule has 0 spiro atoms. The zero-order chi connectivity index (χ0) is 17.1. The van der Waals surface area contributed by atoms with Crippen LogP contribution in [0.25, 0.3) is 10.9 Å². The van der Waals surface area contributed by atoms with Crippen molar-refractivity contribution < 1.29 is 14.4 Å². The fourth-order valence-electron chi connectivity index (χ4n) is 2.47. The Bertz CT molecular complexity index is 891. The number of H-pyrrole nitrogens is 1. The zero-order valence-electron chi connectivity index (χ0n) is 13.2. The SMILES string of the molecule is COc1cc(CNc2ccc3cn[nH]c3c2)c([N+](=O)[O-])cc1OC. The van der Waals surface area contributed by atoms with E-state index in [2.05, 4.69) is 15.5 Å². The highest BCUT2D eigenvalue weighted by atomic mass is 16.6. The third kappa shape index (κ3) is 2.94. The number of anilines is 1. The van der Waals surface area contributed by atoms with Crippen LogP contribution in [-0.2, 0) is 6.54 Å². The first-order valence-electron chi connectivity index (χ1n) is 7.18. The first-order chi connectivity index (χ1) is 11.6. The Kier molecular flexibility index (Phi) is 4.19. The number of ether oxygens (including phenoxy) is 2. The van der Waals surface area contributed by atoms with Crippen molar-refractivity contribution in [2.45, 2.75) is 6.54 Å². The quantitative estimate of drug-likeness (QED) is 0.532. The Morgan fingerprint density at radius 3 is 2.67 bits per heavy atom. The molecule has 2 aromatic carbocycles. The minimum atomic E-state index is -0.433. The second-order valence-electron chi connectivity index (χ2n) is 5.12. The Balaban J connectivity index is 1.88. The number of rotatable bonds is 6. The highest BCUT2D eigenvalue weighted by Crippen LogP contribution is 2.34. The van der Waals surface area contributed by atoms with E-state index in [0.29, 0.717) is 17.1 Å². The summed E-state index contributed by atoms with van der Waals surface area (Å²) < 4.78 is 10.3. The topological polar surface area (TPSA) is 102 Å². The van der Waals surface area contributed by atoms with Gasteiger partial charge in [-0.15, -0.1) is 0 Å². The van der Waals surface area contributed by atoms with Gasteiger partial charge in [0.2, 0.25) is 0 Å². The summed E-state index contributed by atoms with van der Waals surface area (Å²) in [5.74, 6) is 0.774. The van der Waals surface area contributed by atoms with Crippen molar-refractivity contribution in [3.8, 4) is 11.5 Å². The number of fused-ring (bicyclic) bond motifs is 1. The van der Waals surface area contributed by atoms with Crippen LogP contribution in [0.5, 0.6) is 11.5 Å². The van der Waals surface area contributed by atoms with E-state index >= 15 is 0 Å². The number of nitro groups is 1. The van der Waals surface area contributed by atoms with Crippen LogP contribution in [0.3, 0.4) is 0 Å². The molecule has 1 aromatic heterocycles. The van der Waals surface area contributed by atoms with Crippen molar-refractivity contribution in [2.24, 2.45) is 0 Å². The third-order valence-corrected chi connectivity index (χ3v) is 3.71. The van der Waals surface area contributed by atoms with Crippen LogP contribution in [0.15, 0.2) is 36.5 Å². The molecule has 3 rings (SSSR count). The number of nitro benzene ring substituents is 1. The number of nitrogens with one attached hydrogen (secondary N) is 2. The fourth-order valence-corrected chi connectivity index (χ4v) is 2.47. The summed E-state index contributed by atoms with van der Waals surface area (Å²) in [4.78, 5) is 10.9. The number of methoxy groups -OCH3 is 2. The number of aromatic nitrogens is 2. The molecule has 0 bridgehead atoms. The average Bonchev–Trinajstić information content (AvgIpc) is 3.06. The molecule has 0 aliphatic carbocycles. The van der Waals surface area contributed by atoms with Gasteiger partial charge < -0.3 is 14.8 Å². The molecule has 0 fully saturated rings. The van der Waals surface area contributed by atoms with E-state index in [1.165, 1.54) is 20.3 Å². The molecule has 24 heavy (non-hydrogen) atoms. The lowest BCUT2D eigenvalue weighted by Crippen LogP contribution is -2.04. The minimum absolute atomic E-state index is 0.0252. The molecule has 0 amide bonds.